The molecule has 19 heavy (non-hydrogen) atoms. The summed E-state index contributed by atoms with van der Waals surface area (Å²) in [5.41, 5.74) is 0.552. The van der Waals surface area contributed by atoms with Crippen molar-refractivity contribution < 1.29 is 14.7 Å². The number of rotatable bonds is 6. The van der Waals surface area contributed by atoms with Gasteiger partial charge in [0.15, 0.2) is 0 Å². The van der Waals surface area contributed by atoms with Crippen molar-refractivity contribution in [3.8, 4) is 0 Å². The first-order valence-corrected chi connectivity index (χ1v) is 6.17. The average molecular weight is 264 g/mol. The number of amides is 1. The van der Waals surface area contributed by atoms with Gasteiger partial charge in [-0.1, -0.05) is 17.4 Å². The topological polar surface area (TPSA) is 97.1 Å². The lowest BCUT2D eigenvalue weighted by atomic mass is 10.1. The van der Waals surface area contributed by atoms with Crippen LogP contribution in [0.1, 0.15) is 25.0 Å². The molecule has 1 heterocycles. The van der Waals surface area contributed by atoms with Crippen molar-refractivity contribution in [1.29, 1.82) is 0 Å². The van der Waals surface area contributed by atoms with Crippen LogP contribution in [0.5, 0.6) is 0 Å². The SMILES string of the molecule is O=C(O)Cn1cc(CNC(=O)CC2C=CCC2)nn1. The van der Waals surface area contributed by atoms with Gasteiger partial charge in [-0.3, -0.25) is 9.59 Å². The maximum Gasteiger partial charge on any atom is 0.325 e. The molecule has 0 aliphatic heterocycles. The molecular formula is C12H16N4O3. The molecule has 1 amide bonds. The number of carbonyl (C=O) groups excluding carboxylic acids is 1. The lowest BCUT2D eigenvalue weighted by Gasteiger charge is -2.07. The van der Waals surface area contributed by atoms with Gasteiger partial charge in [-0.2, -0.15) is 0 Å². The predicted octanol–water partition coefficient (Wildman–Crippen LogP) is 0.335. The van der Waals surface area contributed by atoms with Crippen LogP contribution in [0.2, 0.25) is 0 Å². The highest BCUT2D eigenvalue weighted by molar-refractivity contribution is 5.76. The van der Waals surface area contributed by atoms with E-state index in [0.717, 1.165) is 12.8 Å². The van der Waals surface area contributed by atoms with Gasteiger partial charge in [0, 0.05) is 6.42 Å². The molecule has 1 aromatic heterocycles. The summed E-state index contributed by atoms with van der Waals surface area (Å²) in [6, 6.07) is 0. The number of hydrogen-bond acceptors (Lipinski definition) is 4. The van der Waals surface area contributed by atoms with Crippen molar-refractivity contribution in [2.24, 2.45) is 5.92 Å². The molecule has 2 N–H and O–H groups in total. The molecule has 1 aromatic rings. The van der Waals surface area contributed by atoms with Crippen molar-refractivity contribution in [3.63, 3.8) is 0 Å². The number of aliphatic carboxylic acids is 1. The Hall–Kier alpha value is -2.18. The Morgan fingerprint density at radius 3 is 3.05 bits per heavy atom. The van der Waals surface area contributed by atoms with E-state index in [1.807, 2.05) is 0 Å². The second-order valence-corrected chi connectivity index (χ2v) is 4.55. The number of carboxylic acids is 1. The third-order valence-electron chi connectivity index (χ3n) is 2.91. The number of carboxylic acid groups (broad SMARTS) is 1. The fourth-order valence-corrected chi connectivity index (χ4v) is 2.00. The first kappa shape index (κ1) is 13.3. The molecule has 1 atom stereocenters. The summed E-state index contributed by atoms with van der Waals surface area (Å²) in [5.74, 6) is -0.666. The van der Waals surface area contributed by atoms with Gasteiger partial charge in [-0.05, 0) is 18.8 Å². The molecule has 0 saturated heterocycles. The Morgan fingerprint density at radius 2 is 2.37 bits per heavy atom. The van der Waals surface area contributed by atoms with Crippen LogP contribution in [0.15, 0.2) is 18.3 Å². The van der Waals surface area contributed by atoms with E-state index >= 15 is 0 Å². The van der Waals surface area contributed by atoms with Crippen LogP contribution in [0, 0.1) is 5.92 Å². The van der Waals surface area contributed by atoms with Crippen molar-refractivity contribution in [2.75, 3.05) is 0 Å². The zero-order chi connectivity index (χ0) is 13.7. The second-order valence-electron chi connectivity index (χ2n) is 4.55. The summed E-state index contributed by atoms with van der Waals surface area (Å²) in [5, 5.41) is 18.8. The molecule has 7 heteroatoms. The average Bonchev–Trinajstić information content (AvgIpc) is 2.97. The van der Waals surface area contributed by atoms with Gasteiger partial charge >= 0.3 is 5.97 Å². The quantitative estimate of drug-likeness (QED) is 0.722. The number of carbonyl (C=O) groups is 2. The van der Waals surface area contributed by atoms with Gasteiger partial charge in [-0.15, -0.1) is 5.10 Å². The lowest BCUT2D eigenvalue weighted by Crippen LogP contribution is -2.24. The Bertz CT molecular complexity index is 495. The summed E-state index contributed by atoms with van der Waals surface area (Å²) in [6.07, 6.45) is 8.24. The minimum atomic E-state index is -0.978. The number of hydrogen-bond donors (Lipinski definition) is 2. The third kappa shape index (κ3) is 4.20. The molecule has 2 rings (SSSR count). The fraction of sp³-hybridized carbons (Fsp3) is 0.500. The first-order chi connectivity index (χ1) is 9.13. The van der Waals surface area contributed by atoms with Gasteiger partial charge in [-0.25, -0.2) is 4.68 Å². The highest BCUT2D eigenvalue weighted by atomic mass is 16.4. The van der Waals surface area contributed by atoms with Gasteiger partial charge in [0.2, 0.25) is 5.91 Å². The fourth-order valence-electron chi connectivity index (χ4n) is 2.00. The maximum atomic E-state index is 11.7. The van der Waals surface area contributed by atoms with E-state index in [0.29, 0.717) is 18.0 Å². The van der Waals surface area contributed by atoms with Crippen molar-refractivity contribution in [2.45, 2.75) is 32.4 Å². The first-order valence-electron chi connectivity index (χ1n) is 6.17. The lowest BCUT2D eigenvalue weighted by molar-refractivity contribution is -0.138. The van der Waals surface area contributed by atoms with Gasteiger partial charge in [0.1, 0.15) is 12.2 Å². The Kier molecular flexibility index (Phi) is 4.27. The van der Waals surface area contributed by atoms with E-state index in [-0.39, 0.29) is 19.0 Å². The summed E-state index contributed by atoms with van der Waals surface area (Å²) >= 11 is 0. The maximum absolute atomic E-state index is 11.7. The Morgan fingerprint density at radius 1 is 1.53 bits per heavy atom. The minimum Gasteiger partial charge on any atom is -0.480 e. The van der Waals surface area contributed by atoms with Crippen molar-refractivity contribution in [3.05, 3.63) is 24.0 Å². The van der Waals surface area contributed by atoms with Crippen molar-refractivity contribution in [1.82, 2.24) is 20.3 Å². The van der Waals surface area contributed by atoms with Gasteiger partial charge in [0.05, 0.1) is 12.7 Å². The van der Waals surface area contributed by atoms with Crippen LogP contribution >= 0.6 is 0 Å². The largest absolute Gasteiger partial charge is 0.480 e. The number of nitrogens with one attached hydrogen (secondary N) is 1. The molecule has 0 saturated carbocycles. The van der Waals surface area contributed by atoms with Crippen LogP contribution in [0.25, 0.3) is 0 Å². The molecule has 102 valence electrons. The van der Waals surface area contributed by atoms with E-state index in [1.54, 1.807) is 0 Å². The van der Waals surface area contributed by atoms with Crippen LogP contribution < -0.4 is 5.32 Å². The predicted molar refractivity (Wildman–Crippen MR) is 66.0 cm³/mol. The molecule has 1 unspecified atom stereocenters. The zero-order valence-electron chi connectivity index (χ0n) is 10.5. The summed E-state index contributed by atoms with van der Waals surface area (Å²) in [4.78, 5) is 22.1. The van der Waals surface area contributed by atoms with Crippen molar-refractivity contribution >= 4 is 11.9 Å². The van der Waals surface area contributed by atoms with E-state index < -0.39 is 5.97 Å². The van der Waals surface area contributed by atoms with E-state index in [9.17, 15) is 9.59 Å². The molecular weight excluding hydrogens is 248 g/mol. The smallest absolute Gasteiger partial charge is 0.325 e. The van der Waals surface area contributed by atoms with Crippen LogP contribution in [-0.4, -0.2) is 32.0 Å². The van der Waals surface area contributed by atoms with E-state index in [4.69, 9.17) is 5.11 Å². The summed E-state index contributed by atoms with van der Waals surface area (Å²) < 4.78 is 1.23. The normalized spacial score (nSPS) is 17.6. The molecule has 1 aliphatic carbocycles. The second kappa shape index (κ2) is 6.12. The third-order valence-corrected chi connectivity index (χ3v) is 2.91. The summed E-state index contributed by atoms with van der Waals surface area (Å²) in [6.45, 7) is 0.0443. The molecule has 0 spiro atoms. The number of nitrogens with zero attached hydrogens (tertiary/aromatic N) is 3. The van der Waals surface area contributed by atoms with Gasteiger partial charge < -0.3 is 10.4 Å². The van der Waals surface area contributed by atoms with Crippen LogP contribution in [0.3, 0.4) is 0 Å². The minimum absolute atomic E-state index is 0.0238. The van der Waals surface area contributed by atoms with E-state index in [1.165, 1.54) is 10.9 Å². The highest BCUT2D eigenvalue weighted by Crippen LogP contribution is 2.19. The van der Waals surface area contributed by atoms with Crippen LogP contribution in [-0.2, 0) is 22.7 Å². The molecule has 7 nitrogen and oxygen atoms in total. The van der Waals surface area contributed by atoms with Gasteiger partial charge in [0.25, 0.3) is 0 Å². The Labute approximate surface area is 110 Å². The number of aromatic nitrogens is 3. The van der Waals surface area contributed by atoms with Crippen LogP contribution in [0.4, 0.5) is 0 Å². The number of allylic oxidation sites excluding steroid dienone is 2. The monoisotopic (exact) mass is 264 g/mol. The summed E-state index contributed by atoms with van der Waals surface area (Å²) in [7, 11) is 0. The van der Waals surface area contributed by atoms with E-state index in [2.05, 4.69) is 27.8 Å². The molecule has 0 aromatic carbocycles. The standard InChI is InChI=1S/C12H16N4O3/c17-11(5-9-3-1-2-4-9)13-6-10-7-16(15-14-10)8-12(18)19/h1,3,7,9H,2,4-6,8H2,(H,13,17)(H,18,19). The molecule has 0 radical (unpaired) electrons. The highest BCUT2D eigenvalue weighted by Gasteiger charge is 2.14. The Balaban J connectivity index is 1.75. The molecule has 0 fully saturated rings. The zero-order valence-corrected chi connectivity index (χ0v) is 10.5. The molecule has 1 aliphatic rings. The molecule has 0 bridgehead atoms.